The fraction of sp³-hybridized carbons (Fsp3) is 0.429. The molecule has 0 saturated carbocycles. The monoisotopic (exact) mass is 278 g/mol. The number of carbonyl (C=O) groups excluding carboxylic acids is 1. The number of anilines is 1. The average molecular weight is 278 g/mol. The molecule has 0 bridgehead atoms. The zero-order valence-electron chi connectivity index (χ0n) is 11.0. The van der Waals surface area contributed by atoms with Crippen LogP contribution in [0.4, 0.5) is 5.69 Å². The van der Waals surface area contributed by atoms with Gasteiger partial charge in [0, 0.05) is 19.2 Å². The van der Waals surface area contributed by atoms with Crippen LogP contribution < -0.4 is 10.6 Å². The Bertz CT molecular complexity index is 484. The van der Waals surface area contributed by atoms with E-state index in [1.807, 2.05) is 24.3 Å². The van der Waals surface area contributed by atoms with Crippen LogP contribution in [0.2, 0.25) is 0 Å². The molecule has 1 fully saturated rings. The minimum atomic E-state index is -0.349. The lowest BCUT2D eigenvalue weighted by molar-refractivity contribution is -0.132. The van der Waals surface area contributed by atoms with Crippen LogP contribution in [0.25, 0.3) is 0 Å². The summed E-state index contributed by atoms with van der Waals surface area (Å²) >= 11 is 5.02. The van der Waals surface area contributed by atoms with E-state index in [1.54, 1.807) is 11.9 Å². The van der Waals surface area contributed by atoms with Crippen molar-refractivity contribution < 1.29 is 9.53 Å². The molecule has 2 rings (SSSR count). The van der Waals surface area contributed by atoms with Crippen molar-refractivity contribution in [3.8, 4) is 0 Å². The summed E-state index contributed by atoms with van der Waals surface area (Å²) in [5, 5.41) is 0. The first-order chi connectivity index (χ1) is 9.11. The Balaban J connectivity index is 2.21. The summed E-state index contributed by atoms with van der Waals surface area (Å²) in [5.74, 6) is -0.0385. The summed E-state index contributed by atoms with van der Waals surface area (Å²) < 4.78 is 5.53. The van der Waals surface area contributed by atoms with Crippen LogP contribution in [0.5, 0.6) is 0 Å². The van der Waals surface area contributed by atoms with Crippen molar-refractivity contribution in [2.45, 2.75) is 25.4 Å². The third kappa shape index (κ3) is 3.11. The molecule has 1 amide bonds. The Morgan fingerprint density at radius 3 is 2.79 bits per heavy atom. The summed E-state index contributed by atoms with van der Waals surface area (Å²) in [7, 11) is 1.73. The minimum Gasteiger partial charge on any atom is -0.389 e. The van der Waals surface area contributed by atoms with Crippen molar-refractivity contribution in [1.29, 1.82) is 0 Å². The fourth-order valence-electron chi connectivity index (χ4n) is 2.24. The van der Waals surface area contributed by atoms with E-state index in [-0.39, 0.29) is 12.0 Å². The Kier molecular flexibility index (Phi) is 4.50. The van der Waals surface area contributed by atoms with Gasteiger partial charge in [-0.05, 0) is 31.4 Å². The zero-order valence-corrected chi connectivity index (χ0v) is 11.8. The van der Waals surface area contributed by atoms with Crippen LogP contribution in [0, 0.1) is 0 Å². The Morgan fingerprint density at radius 1 is 1.42 bits per heavy atom. The minimum absolute atomic E-state index is 0.0385. The van der Waals surface area contributed by atoms with Gasteiger partial charge in [0.25, 0.3) is 5.91 Å². The predicted molar refractivity (Wildman–Crippen MR) is 79.3 cm³/mol. The molecule has 1 heterocycles. The maximum absolute atomic E-state index is 12.4. The molecule has 1 atom stereocenters. The molecule has 1 aliphatic rings. The van der Waals surface area contributed by atoms with Crippen LogP contribution in [0.3, 0.4) is 0 Å². The van der Waals surface area contributed by atoms with Crippen molar-refractivity contribution in [3.05, 3.63) is 29.8 Å². The van der Waals surface area contributed by atoms with Crippen LogP contribution in [0.1, 0.15) is 24.8 Å². The number of thiocarbonyl (C=S) groups is 1. The smallest absolute Gasteiger partial charge is 0.255 e. The number of ether oxygens (including phenoxy) is 1. The van der Waals surface area contributed by atoms with Gasteiger partial charge in [-0.15, -0.1) is 0 Å². The third-order valence-electron chi connectivity index (χ3n) is 3.32. The van der Waals surface area contributed by atoms with Gasteiger partial charge in [0.1, 0.15) is 11.1 Å². The van der Waals surface area contributed by atoms with E-state index in [4.69, 9.17) is 22.7 Å². The van der Waals surface area contributed by atoms with Crippen LogP contribution in [-0.2, 0) is 9.53 Å². The molecule has 5 heteroatoms. The first kappa shape index (κ1) is 14.0. The predicted octanol–water partition coefficient (Wildman–Crippen LogP) is 1.85. The molecule has 2 N–H and O–H groups in total. The maximum atomic E-state index is 12.4. The van der Waals surface area contributed by atoms with Gasteiger partial charge in [0.2, 0.25) is 0 Å². The van der Waals surface area contributed by atoms with Crippen LogP contribution in [0.15, 0.2) is 24.3 Å². The lowest BCUT2D eigenvalue weighted by atomic mass is 10.1. The molecule has 1 saturated heterocycles. The maximum Gasteiger partial charge on any atom is 0.255 e. The molecular weight excluding hydrogens is 260 g/mol. The third-order valence-corrected chi connectivity index (χ3v) is 3.54. The normalized spacial score (nSPS) is 18.9. The van der Waals surface area contributed by atoms with Gasteiger partial charge in [-0.3, -0.25) is 4.79 Å². The molecule has 1 unspecified atom stereocenters. The summed E-state index contributed by atoms with van der Waals surface area (Å²) in [5.41, 5.74) is 7.14. The lowest BCUT2D eigenvalue weighted by Gasteiger charge is -2.27. The second-order valence-electron chi connectivity index (χ2n) is 4.63. The number of amides is 1. The number of likely N-dealkylation sites (N-methyl/N-ethyl adjacent to an activating group) is 1. The van der Waals surface area contributed by atoms with Gasteiger partial charge < -0.3 is 15.4 Å². The first-order valence-corrected chi connectivity index (χ1v) is 6.80. The van der Waals surface area contributed by atoms with E-state index in [0.29, 0.717) is 17.2 Å². The quantitative estimate of drug-likeness (QED) is 0.857. The van der Waals surface area contributed by atoms with Crippen LogP contribution in [-0.4, -0.2) is 30.7 Å². The molecule has 1 aromatic carbocycles. The van der Waals surface area contributed by atoms with Crippen molar-refractivity contribution in [3.63, 3.8) is 0 Å². The molecular formula is C14H18N2O2S. The highest BCUT2D eigenvalue weighted by atomic mass is 32.1. The highest BCUT2D eigenvalue weighted by Gasteiger charge is 2.26. The topological polar surface area (TPSA) is 55.6 Å². The van der Waals surface area contributed by atoms with Gasteiger partial charge in [0.05, 0.1) is 5.69 Å². The molecule has 1 aliphatic heterocycles. The molecule has 102 valence electrons. The number of hydrogen-bond donors (Lipinski definition) is 1. The summed E-state index contributed by atoms with van der Waals surface area (Å²) in [6.45, 7) is 0.654. The highest BCUT2D eigenvalue weighted by Crippen LogP contribution is 2.22. The number of para-hydroxylation sites is 1. The van der Waals surface area contributed by atoms with Crippen LogP contribution >= 0.6 is 12.2 Å². The van der Waals surface area contributed by atoms with E-state index < -0.39 is 0 Å². The van der Waals surface area contributed by atoms with Gasteiger partial charge in [-0.25, -0.2) is 0 Å². The summed E-state index contributed by atoms with van der Waals surface area (Å²) in [4.78, 5) is 14.3. The van der Waals surface area contributed by atoms with Gasteiger partial charge >= 0.3 is 0 Å². The second-order valence-corrected chi connectivity index (χ2v) is 5.07. The van der Waals surface area contributed by atoms with E-state index >= 15 is 0 Å². The highest BCUT2D eigenvalue weighted by molar-refractivity contribution is 7.80. The number of nitrogens with two attached hydrogens (primary N) is 1. The number of benzene rings is 1. The summed E-state index contributed by atoms with van der Waals surface area (Å²) in [6.07, 6.45) is 2.48. The summed E-state index contributed by atoms with van der Waals surface area (Å²) in [6, 6.07) is 7.38. The standard InChI is InChI=1S/C14H18N2O2S/c1-16(14(17)12-8-4-5-9-18-12)11-7-3-2-6-10(11)13(15)19/h2-3,6-7,12H,4-5,8-9H2,1H3,(H2,15,19). The van der Waals surface area contributed by atoms with Gasteiger partial charge in [-0.1, -0.05) is 24.4 Å². The van der Waals surface area contributed by atoms with E-state index in [2.05, 4.69) is 0 Å². The first-order valence-electron chi connectivity index (χ1n) is 6.39. The Morgan fingerprint density at radius 2 is 2.16 bits per heavy atom. The molecule has 4 nitrogen and oxygen atoms in total. The van der Waals surface area contributed by atoms with Crippen molar-refractivity contribution in [2.24, 2.45) is 5.73 Å². The Hall–Kier alpha value is -1.46. The zero-order chi connectivity index (χ0) is 13.8. The number of hydrogen-bond acceptors (Lipinski definition) is 3. The van der Waals surface area contributed by atoms with Crippen molar-refractivity contribution >= 4 is 28.8 Å². The van der Waals surface area contributed by atoms with E-state index in [0.717, 1.165) is 24.9 Å². The van der Waals surface area contributed by atoms with E-state index in [9.17, 15) is 4.79 Å². The number of nitrogens with zero attached hydrogens (tertiary/aromatic N) is 1. The average Bonchev–Trinajstić information content (AvgIpc) is 2.46. The van der Waals surface area contributed by atoms with E-state index in [1.165, 1.54) is 0 Å². The number of carbonyl (C=O) groups is 1. The molecule has 0 radical (unpaired) electrons. The Labute approximate surface area is 118 Å². The lowest BCUT2D eigenvalue weighted by Crippen LogP contribution is -2.40. The number of rotatable bonds is 3. The molecule has 0 spiro atoms. The van der Waals surface area contributed by atoms with Gasteiger partial charge in [-0.2, -0.15) is 0 Å². The second kappa shape index (κ2) is 6.12. The van der Waals surface area contributed by atoms with Gasteiger partial charge in [0.15, 0.2) is 0 Å². The fourth-order valence-corrected chi connectivity index (χ4v) is 2.42. The SMILES string of the molecule is CN(C(=O)C1CCCCO1)c1ccccc1C(N)=S. The van der Waals surface area contributed by atoms with Crippen molar-refractivity contribution in [1.82, 2.24) is 0 Å². The molecule has 19 heavy (non-hydrogen) atoms. The molecule has 1 aromatic rings. The molecule has 0 aliphatic carbocycles. The molecule has 0 aromatic heterocycles. The largest absolute Gasteiger partial charge is 0.389 e. The van der Waals surface area contributed by atoms with Crippen molar-refractivity contribution in [2.75, 3.05) is 18.6 Å².